The summed E-state index contributed by atoms with van der Waals surface area (Å²) in [6.07, 6.45) is 3.42. The number of nitrogens with zero attached hydrogens (tertiary/aromatic N) is 2. The van der Waals surface area contributed by atoms with Crippen LogP contribution in [0, 0.1) is 13.8 Å². The maximum Gasteiger partial charge on any atom is 0.258 e. The Morgan fingerprint density at radius 3 is 2.26 bits per heavy atom. The van der Waals surface area contributed by atoms with Crippen molar-refractivity contribution in [3.63, 3.8) is 0 Å². The van der Waals surface area contributed by atoms with E-state index in [0.717, 1.165) is 22.4 Å². The van der Waals surface area contributed by atoms with Crippen LogP contribution in [0.4, 0.5) is 5.69 Å². The summed E-state index contributed by atoms with van der Waals surface area (Å²) >= 11 is 0. The highest BCUT2D eigenvalue weighted by molar-refractivity contribution is 6.10. The third-order valence-corrected chi connectivity index (χ3v) is 4.65. The summed E-state index contributed by atoms with van der Waals surface area (Å²) in [4.78, 5) is 21.6. The van der Waals surface area contributed by atoms with Crippen LogP contribution < -0.4 is 20.1 Å². The van der Waals surface area contributed by atoms with E-state index < -0.39 is 0 Å². The SMILES string of the molecule is COc1cc(OC)cc(C(=O)NC(=NCc2ccncc2)Nc2ccc(C)cc2C)c1. The van der Waals surface area contributed by atoms with Crippen molar-refractivity contribution in [1.82, 2.24) is 10.3 Å². The predicted octanol–water partition coefficient (Wildman–Crippen LogP) is 4.11. The van der Waals surface area contributed by atoms with Crippen molar-refractivity contribution in [3.05, 3.63) is 83.2 Å². The number of pyridine rings is 1. The van der Waals surface area contributed by atoms with Crippen molar-refractivity contribution >= 4 is 17.6 Å². The van der Waals surface area contributed by atoms with Crippen molar-refractivity contribution in [2.75, 3.05) is 19.5 Å². The molecule has 0 saturated carbocycles. The summed E-state index contributed by atoms with van der Waals surface area (Å²) < 4.78 is 10.5. The number of carbonyl (C=O) groups excluding carboxylic acids is 1. The number of amides is 1. The van der Waals surface area contributed by atoms with Crippen molar-refractivity contribution in [2.45, 2.75) is 20.4 Å². The number of anilines is 1. The van der Waals surface area contributed by atoms with Gasteiger partial charge >= 0.3 is 0 Å². The Morgan fingerprint density at radius 1 is 0.968 bits per heavy atom. The molecular weight excluding hydrogens is 392 g/mol. The molecule has 0 radical (unpaired) electrons. The second kappa shape index (κ2) is 10.2. The van der Waals surface area contributed by atoms with Gasteiger partial charge in [-0.1, -0.05) is 17.7 Å². The average molecular weight is 418 g/mol. The first-order valence-electron chi connectivity index (χ1n) is 9.80. The first-order chi connectivity index (χ1) is 15.0. The van der Waals surface area contributed by atoms with E-state index in [2.05, 4.69) is 26.7 Å². The molecule has 0 bridgehead atoms. The van der Waals surface area contributed by atoms with Crippen LogP contribution in [0.2, 0.25) is 0 Å². The number of carbonyl (C=O) groups is 1. The highest BCUT2D eigenvalue weighted by Gasteiger charge is 2.13. The molecule has 2 aromatic carbocycles. The molecule has 0 unspecified atom stereocenters. The van der Waals surface area contributed by atoms with Gasteiger partial charge < -0.3 is 14.8 Å². The maximum atomic E-state index is 13.0. The Labute approximate surface area is 182 Å². The Bertz CT molecular complexity index is 1060. The highest BCUT2D eigenvalue weighted by Crippen LogP contribution is 2.22. The van der Waals surface area contributed by atoms with Crippen LogP contribution in [0.25, 0.3) is 0 Å². The Balaban J connectivity index is 1.87. The number of rotatable bonds is 6. The Hall–Kier alpha value is -3.87. The molecule has 1 heterocycles. The summed E-state index contributed by atoms with van der Waals surface area (Å²) in [5.41, 5.74) is 4.45. The van der Waals surface area contributed by atoms with Crippen LogP contribution in [0.3, 0.4) is 0 Å². The molecule has 3 aromatic rings. The zero-order chi connectivity index (χ0) is 22.2. The number of benzene rings is 2. The third-order valence-electron chi connectivity index (χ3n) is 4.65. The normalized spacial score (nSPS) is 11.0. The molecule has 7 heteroatoms. The fourth-order valence-corrected chi connectivity index (χ4v) is 2.97. The van der Waals surface area contributed by atoms with E-state index in [-0.39, 0.29) is 5.91 Å². The molecule has 2 N–H and O–H groups in total. The number of hydrogen-bond donors (Lipinski definition) is 2. The lowest BCUT2D eigenvalue weighted by Gasteiger charge is -2.15. The Morgan fingerprint density at radius 2 is 1.65 bits per heavy atom. The lowest BCUT2D eigenvalue weighted by atomic mass is 10.1. The molecule has 0 atom stereocenters. The van der Waals surface area contributed by atoms with Gasteiger partial charge in [0.1, 0.15) is 11.5 Å². The summed E-state index contributed by atoms with van der Waals surface area (Å²) in [7, 11) is 3.08. The van der Waals surface area contributed by atoms with Crippen molar-refractivity contribution in [3.8, 4) is 11.5 Å². The number of ether oxygens (including phenoxy) is 2. The molecule has 0 aliphatic carbocycles. The minimum Gasteiger partial charge on any atom is -0.497 e. The summed E-state index contributed by atoms with van der Waals surface area (Å²) in [5, 5.41) is 6.11. The number of methoxy groups -OCH3 is 2. The quantitative estimate of drug-likeness (QED) is 0.465. The smallest absolute Gasteiger partial charge is 0.258 e. The minimum absolute atomic E-state index is 0.331. The number of aromatic nitrogens is 1. The van der Waals surface area contributed by atoms with Gasteiger partial charge in [-0.25, -0.2) is 4.99 Å². The van der Waals surface area contributed by atoms with E-state index in [1.54, 1.807) is 44.8 Å². The molecule has 31 heavy (non-hydrogen) atoms. The zero-order valence-corrected chi connectivity index (χ0v) is 18.1. The predicted molar refractivity (Wildman–Crippen MR) is 122 cm³/mol. The van der Waals surface area contributed by atoms with Gasteiger partial charge in [-0.3, -0.25) is 15.1 Å². The van der Waals surface area contributed by atoms with Gasteiger partial charge in [0.25, 0.3) is 5.91 Å². The molecule has 3 rings (SSSR count). The second-order valence-corrected chi connectivity index (χ2v) is 7.02. The molecular formula is C24H26N4O3. The maximum absolute atomic E-state index is 13.0. The van der Waals surface area contributed by atoms with E-state index in [9.17, 15) is 4.79 Å². The lowest BCUT2D eigenvalue weighted by Crippen LogP contribution is -2.36. The Kier molecular flexibility index (Phi) is 7.22. The second-order valence-electron chi connectivity index (χ2n) is 7.02. The van der Waals surface area contributed by atoms with Gasteiger partial charge in [0.2, 0.25) is 5.96 Å². The van der Waals surface area contributed by atoms with Gasteiger partial charge in [0.15, 0.2) is 0 Å². The van der Waals surface area contributed by atoms with Crippen LogP contribution in [0.5, 0.6) is 11.5 Å². The first kappa shape index (κ1) is 21.8. The van der Waals surface area contributed by atoms with Crippen LogP contribution in [0.1, 0.15) is 27.0 Å². The van der Waals surface area contributed by atoms with Gasteiger partial charge in [-0.2, -0.15) is 0 Å². The molecule has 0 aliphatic heterocycles. The highest BCUT2D eigenvalue weighted by atomic mass is 16.5. The van der Waals surface area contributed by atoms with E-state index in [1.165, 1.54) is 0 Å². The number of aliphatic imine (C=N–C) groups is 1. The van der Waals surface area contributed by atoms with Gasteiger partial charge in [-0.05, 0) is 55.3 Å². The molecule has 0 fully saturated rings. The van der Waals surface area contributed by atoms with Crippen LogP contribution in [-0.2, 0) is 6.54 Å². The fourth-order valence-electron chi connectivity index (χ4n) is 2.97. The van der Waals surface area contributed by atoms with Gasteiger partial charge in [-0.15, -0.1) is 0 Å². The summed E-state index contributed by atoms with van der Waals surface area (Å²) in [5.74, 6) is 1.07. The van der Waals surface area contributed by atoms with E-state index in [0.29, 0.717) is 29.6 Å². The topological polar surface area (TPSA) is 84.8 Å². The summed E-state index contributed by atoms with van der Waals surface area (Å²) in [6.45, 7) is 4.43. The fraction of sp³-hybridized carbons (Fsp3) is 0.208. The van der Waals surface area contributed by atoms with E-state index in [4.69, 9.17) is 9.47 Å². The molecule has 0 saturated heterocycles. The zero-order valence-electron chi connectivity index (χ0n) is 18.1. The molecule has 1 aromatic heterocycles. The lowest BCUT2D eigenvalue weighted by molar-refractivity contribution is 0.0976. The van der Waals surface area contributed by atoms with Crippen LogP contribution in [-0.4, -0.2) is 31.1 Å². The number of guanidine groups is 1. The van der Waals surface area contributed by atoms with Crippen molar-refractivity contribution in [2.24, 2.45) is 4.99 Å². The number of aryl methyl sites for hydroxylation is 2. The molecule has 160 valence electrons. The molecule has 0 spiro atoms. The van der Waals surface area contributed by atoms with Crippen LogP contribution >= 0.6 is 0 Å². The monoisotopic (exact) mass is 418 g/mol. The first-order valence-corrected chi connectivity index (χ1v) is 9.80. The number of hydrogen-bond acceptors (Lipinski definition) is 5. The summed E-state index contributed by atoms with van der Waals surface area (Å²) in [6, 6.07) is 14.8. The van der Waals surface area contributed by atoms with Crippen molar-refractivity contribution < 1.29 is 14.3 Å². The minimum atomic E-state index is -0.331. The van der Waals surface area contributed by atoms with Gasteiger partial charge in [0, 0.05) is 29.7 Å². The number of nitrogens with one attached hydrogen (secondary N) is 2. The van der Waals surface area contributed by atoms with E-state index in [1.807, 2.05) is 38.1 Å². The van der Waals surface area contributed by atoms with Crippen LogP contribution in [0.15, 0.2) is 65.9 Å². The van der Waals surface area contributed by atoms with Crippen molar-refractivity contribution in [1.29, 1.82) is 0 Å². The molecule has 1 amide bonds. The molecule has 7 nitrogen and oxygen atoms in total. The molecule has 0 aliphatic rings. The van der Waals surface area contributed by atoms with E-state index >= 15 is 0 Å². The third kappa shape index (κ3) is 6.05. The largest absolute Gasteiger partial charge is 0.497 e. The average Bonchev–Trinajstić information content (AvgIpc) is 2.79. The standard InChI is InChI=1S/C24H26N4O3/c1-16-5-6-22(17(2)11-16)27-24(26-15-18-7-9-25-10-8-18)28-23(29)19-12-20(30-3)14-21(13-19)31-4/h5-14H,15H2,1-4H3,(H2,26,27,28,29). The van der Waals surface area contributed by atoms with Gasteiger partial charge in [0.05, 0.1) is 20.8 Å².